The first-order chi connectivity index (χ1) is 5.18. The summed E-state index contributed by atoms with van der Waals surface area (Å²) in [6, 6.07) is 5.49. The van der Waals surface area contributed by atoms with Crippen molar-refractivity contribution in [3.8, 4) is 0 Å². The van der Waals surface area contributed by atoms with Crippen LogP contribution in [0.15, 0.2) is 18.2 Å². The van der Waals surface area contributed by atoms with E-state index in [1.54, 1.807) is 6.07 Å². The number of aromatic nitrogens is 1. The first-order valence-corrected chi connectivity index (χ1v) is 3.40. The molecule has 66 valence electrons. The van der Waals surface area contributed by atoms with Gasteiger partial charge in [0, 0.05) is 12.6 Å². The highest BCUT2D eigenvalue weighted by Gasteiger charge is 1.94. The molecule has 0 fully saturated rings. The molecule has 0 aliphatic carbocycles. The SMILES string of the molecule is Br.CC(=O)Nc1cccc(C)n1. The Balaban J connectivity index is 0.00000121. The number of halogens is 1. The minimum absolute atomic E-state index is 0. The number of rotatable bonds is 1. The fourth-order valence-corrected chi connectivity index (χ4v) is 0.793. The molecule has 0 aliphatic heterocycles. The van der Waals surface area contributed by atoms with Gasteiger partial charge in [0.2, 0.25) is 5.91 Å². The Morgan fingerprint density at radius 3 is 2.67 bits per heavy atom. The quantitative estimate of drug-likeness (QED) is 0.802. The van der Waals surface area contributed by atoms with Gasteiger partial charge < -0.3 is 5.32 Å². The standard InChI is InChI=1S/C8H10N2O.BrH/c1-6-4-3-5-8(9-6)10-7(2)11;/h3-5H,1-2H3,(H,9,10,11);1H. The van der Waals surface area contributed by atoms with Crippen molar-refractivity contribution in [1.82, 2.24) is 4.98 Å². The lowest BCUT2D eigenvalue weighted by Gasteiger charge is -1.99. The maximum atomic E-state index is 10.6. The Morgan fingerprint density at radius 2 is 2.17 bits per heavy atom. The zero-order chi connectivity index (χ0) is 8.27. The van der Waals surface area contributed by atoms with Crippen LogP contribution in [0.5, 0.6) is 0 Å². The highest BCUT2D eigenvalue weighted by atomic mass is 79.9. The molecule has 1 rings (SSSR count). The van der Waals surface area contributed by atoms with Crippen molar-refractivity contribution in [2.75, 3.05) is 5.32 Å². The van der Waals surface area contributed by atoms with E-state index in [9.17, 15) is 4.79 Å². The van der Waals surface area contributed by atoms with E-state index in [1.165, 1.54) is 6.92 Å². The molecule has 0 aromatic carbocycles. The van der Waals surface area contributed by atoms with Crippen LogP contribution >= 0.6 is 17.0 Å². The molecule has 0 bridgehead atoms. The second-order valence-electron chi connectivity index (χ2n) is 2.35. The van der Waals surface area contributed by atoms with Crippen LogP contribution in [0.3, 0.4) is 0 Å². The van der Waals surface area contributed by atoms with E-state index in [4.69, 9.17) is 0 Å². The Bertz CT molecular complexity index is 276. The Kier molecular flexibility index (Phi) is 4.51. The smallest absolute Gasteiger partial charge is 0.222 e. The second kappa shape index (κ2) is 4.87. The summed E-state index contributed by atoms with van der Waals surface area (Å²) in [7, 11) is 0. The van der Waals surface area contributed by atoms with E-state index < -0.39 is 0 Å². The van der Waals surface area contributed by atoms with Crippen molar-refractivity contribution in [1.29, 1.82) is 0 Å². The third kappa shape index (κ3) is 3.48. The molecule has 0 atom stereocenters. The van der Waals surface area contributed by atoms with Gasteiger partial charge in [-0.2, -0.15) is 0 Å². The van der Waals surface area contributed by atoms with E-state index in [0.717, 1.165) is 5.69 Å². The zero-order valence-electron chi connectivity index (χ0n) is 7.00. The summed E-state index contributed by atoms with van der Waals surface area (Å²) in [6.45, 7) is 3.34. The minimum atomic E-state index is -0.0944. The monoisotopic (exact) mass is 230 g/mol. The average Bonchev–Trinajstić information content (AvgIpc) is 1.85. The van der Waals surface area contributed by atoms with Gasteiger partial charge in [-0.25, -0.2) is 4.98 Å². The van der Waals surface area contributed by atoms with Crippen LogP contribution in [-0.2, 0) is 4.79 Å². The molecular weight excluding hydrogens is 220 g/mol. The van der Waals surface area contributed by atoms with Gasteiger partial charge in [-0.05, 0) is 19.1 Å². The molecule has 4 heteroatoms. The maximum absolute atomic E-state index is 10.6. The fraction of sp³-hybridized carbons (Fsp3) is 0.250. The summed E-state index contributed by atoms with van der Waals surface area (Å²) in [5, 5.41) is 2.60. The molecule has 0 unspecified atom stereocenters. The Labute approximate surface area is 82.0 Å². The molecule has 12 heavy (non-hydrogen) atoms. The molecule has 0 saturated carbocycles. The number of pyridine rings is 1. The van der Waals surface area contributed by atoms with Crippen molar-refractivity contribution in [3.05, 3.63) is 23.9 Å². The molecule has 0 radical (unpaired) electrons. The lowest BCUT2D eigenvalue weighted by atomic mass is 10.4. The van der Waals surface area contributed by atoms with Crippen molar-refractivity contribution in [2.45, 2.75) is 13.8 Å². The molecule has 0 saturated heterocycles. The molecule has 1 aromatic rings. The minimum Gasteiger partial charge on any atom is -0.311 e. The second-order valence-corrected chi connectivity index (χ2v) is 2.35. The van der Waals surface area contributed by atoms with Gasteiger partial charge >= 0.3 is 0 Å². The Hall–Kier alpha value is -0.900. The number of amides is 1. The normalized spacial score (nSPS) is 8.50. The molecule has 1 heterocycles. The van der Waals surface area contributed by atoms with Crippen LogP contribution < -0.4 is 5.32 Å². The Morgan fingerprint density at radius 1 is 1.50 bits per heavy atom. The first kappa shape index (κ1) is 11.1. The summed E-state index contributed by atoms with van der Waals surface area (Å²) in [6.07, 6.45) is 0. The number of nitrogens with zero attached hydrogens (tertiary/aromatic N) is 1. The van der Waals surface area contributed by atoms with E-state index >= 15 is 0 Å². The lowest BCUT2D eigenvalue weighted by Crippen LogP contribution is -2.07. The van der Waals surface area contributed by atoms with Crippen LogP contribution in [0.2, 0.25) is 0 Å². The van der Waals surface area contributed by atoms with Crippen molar-refractivity contribution in [2.24, 2.45) is 0 Å². The fourth-order valence-electron chi connectivity index (χ4n) is 0.793. The van der Waals surface area contributed by atoms with Crippen LogP contribution in [0.1, 0.15) is 12.6 Å². The molecule has 3 nitrogen and oxygen atoms in total. The largest absolute Gasteiger partial charge is 0.311 e. The molecular formula is C8H11BrN2O. The first-order valence-electron chi connectivity index (χ1n) is 3.40. The van der Waals surface area contributed by atoms with Gasteiger partial charge in [-0.3, -0.25) is 4.79 Å². The number of hydrogen-bond donors (Lipinski definition) is 1. The van der Waals surface area contributed by atoms with Gasteiger partial charge in [0.1, 0.15) is 5.82 Å². The summed E-state index contributed by atoms with van der Waals surface area (Å²) in [5.74, 6) is 0.514. The van der Waals surface area contributed by atoms with Crippen LogP contribution in [0.4, 0.5) is 5.82 Å². The van der Waals surface area contributed by atoms with Crippen molar-refractivity contribution >= 4 is 28.7 Å². The van der Waals surface area contributed by atoms with Crippen LogP contribution in [-0.4, -0.2) is 10.9 Å². The summed E-state index contributed by atoms with van der Waals surface area (Å²) >= 11 is 0. The van der Waals surface area contributed by atoms with E-state index in [0.29, 0.717) is 5.82 Å². The zero-order valence-corrected chi connectivity index (χ0v) is 8.71. The molecule has 1 N–H and O–H groups in total. The maximum Gasteiger partial charge on any atom is 0.222 e. The topological polar surface area (TPSA) is 42.0 Å². The molecule has 0 aliphatic rings. The van der Waals surface area contributed by atoms with E-state index in [1.807, 2.05) is 19.1 Å². The third-order valence-corrected chi connectivity index (χ3v) is 1.19. The van der Waals surface area contributed by atoms with E-state index in [-0.39, 0.29) is 22.9 Å². The number of nitrogens with one attached hydrogen (secondary N) is 1. The highest BCUT2D eigenvalue weighted by Crippen LogP contribution is 2.02. The molecule has 1 aromatic heterocycles. The third-order valence-electron chi connectivity index (χ3n) is 1.19. The summed E-state index contributed by atoms with van der Waals surface area (Å²) < 4.78 is 0. The molecule has 1 amide bonds. The number of carbonyl (C=O) groups excluding carboxylic acids is 1. The van der Waals surface area contributed by atoms with Crippen LogP contribution in [0, 0.1) is 6.92 Å². The number of carbonyl (C=O) groups is 1. The van der Waals surface area contributed by atoms with E-state index in [2.05, 4.69) is 10.3 Å². The van der Waals surface area contributed by atoms with Gasteiger partial charge in [-0.1, -0.05) is 6.07 Å². The number of hydrogen-bond acceptors (Lipinski definition) is 2. The van der Waals surface area contributed by atoms with Crippen molar-refractivity contribution in [3.63, 3.8) is 0 Å². The summed E-state index contributed by atoms with van der Waals surface area (Å²) in [4.78, 5) is 14.7. The molecule has 0 spiro atoms. The predicted molar refractivity (Wildman–Crippen MR) is 53.6 cm³/mol. The number of aryl methyl sites for hydroxylation is 1. The van der Waals surface area contributed by atoms with Crippen LogP contribution in [0.25, 0.3) is 0 Å². The van der Waals surface area contributed by atoms with Crippen molar-refractivity contribution < 1.29 is 4.79 Å². The summed E-state index contributed by atoms with van der Waals surface area (Å²) in [5.41, 5.74) is 0.899. The predicted octanol–water partition coefficient (Wildman–Crippen LogP) is 1.93. The highest BCUT2D eigenvalue weighted by molar-refractivity contribution is 8.93. The average molecular weight is 231 g/mol. The van der Waals surface area contributed by atoms with Gasteiger partial charge in [-0.15, -0.1) is 17.0 Å². The van der Waals surface area contributed by atoms with Gasteiger partial charge in [0.15, 0.2) is 0 Å². The van der Waals surface area contributed by atoms with Gasteiger partial charge in [0.05, 0.1) is 0 Å². The van der Waals surface area contributed by atoms with Gasteiger partial charge in [0.25, 0.3) is 0 Å². The lowest BCUT2D eigenvalue weighted by molar-refractivity contribution is -0.114. The number of anilines is 1.